The molecule has 0 amide bonds. The molecule has 3 saturated carbocycles. The zero-order chi connectivity index (χ0) is 23.0. The fourth-order valence-electron chi connectivity index (χ4n) is 6.35. The van der Waals surface area contributed by atoms with Gasteiger partial charge in [-0.3, -0.25) is 0 Å². The lowest BCUT2D eigenvalue weighted by Gasteiger charge is -2.44. The number of allylic oxidation sites excluding steroid dienone is 6. The predicted molar refractivity (Wildman–Crippen MR) is 128 cm³/mol. The standard InChI is InChI=1S/C28H44O3/c1-18(2)19(3)9-10-21(5)26-25(29)16-24-22(8-7-14-27(24,26)6)11-12-23-17-28(30,31)15-13-20(23)4/h9-12,18-19,21,24-26,29-31H,4,7-8,13-17H2,1-3,5-6H3/b10-9+,22-11+,23-12-/t19-,21+,24-,25?,26-,27+/m0/s1. The highest BCUT2D eigenvalue weighted by Gasteiger charge is 2.54. The molecule has 1 unspecified atom stereocenters. The van der Waals surface area contributed by atoms with E-state index in [0.29, 0.717) is 36.5 Å². The summed E-state index contributed by atoms with van der Waals surface area (Å²) in [4.78, 5) is 0. The predicted octanol–water partition coefficient (Wildman–Crippen LogP) is 5.93. The summed E-state index contributed by atoms with van der Waals surface area (Å²) < 4.78 is 0. The van der Waals surface area contributed by atoms with E-state index in [1.165, 1.54) is 5.57 Å². The normalized spacial score (nSPS) is 38.2. The zero-order valence-corrected chi connectivity index (χ0v) is 20.3. The lowest BCUT2D eigenvalue weighted by Crippen LogP contribution is -2.38. The van der Waals surface area contributed by atoms with Crippen LogP contribution in [0.2, 0.25) is 0 Å². The van der Waals surface area contributed by atoms with Crippen LogP contribution in [0, 0.1) is 35.0 Å². The van der Waals surface area contributed by atoms with Crippen molar-refractivity contribution in [3.05, 3.63) is 47.6 Å². The second-order valence-corrected chi connectivity index (χ2v) is 11.3. The SMILES string of the molecule is C=C1CCC(O)(O)C/C1=C/C=C1\CCC[C@@]2(C)[C@@H]([C@H](C)/C=C/[C@H](C)C(C)C)C(O)C[C@@H]12. The maximum atomic E-state index is 11.1. The van der Waals surface area contributed by atoms with Crippen molar-refractivity contribution in [2.24, 2.45) is 35.0 Å². The molecule has 3 aliphatic carbocycles. The first-order valence-corrected chi connectivity index (χ1v) is 12.3. The average molecular weight is 429 g/mol. The van der Waals surface area contributed by atoms with E-state index in [-0.39, 0.29) is 23.9 Å². The van der Waals surface area contributed by atoms with Gasteiger partial charge in [-0.1, -0.05) is 76.6 Å². The highest BCUT2D eigenvalue weighted by molar-refractivity contribution is 5.37. The van der Waals surface area contributed by atoms with E-state index in [0.717, 1.165) is 36.8 Å². The van der Waals surface area contributed by atoms with Crippen molar-refractivity contribution in [1.82, 2.24) is 0 Å². The molecule has 0 bridgehead atoms. The molecule has 0 spiro atoms. The molecule has 3 heteroatoms. The largest absolute Gasteiger partial charge is 0.393 e. The maximum absolute atomic E-state index is 11.1. The number of hydrogen-bond acceptors (Lipinski definition) is 3. The minimum absolute atomic E-state index is 0.105. The summed E-state index contributed by atoms with van der Waals surface area (Å²) in [6, 6.07) is 0. The Morgan fingerprint density at radius 1 is 1.03 bits per heavy atom. The molecule has 3 rings (SSSR count). The van der Waals surface area contributed by atoms with Crippen molar-refractivity contribution in [3.63, 3.8) is 0 Å². The van der Waals surface area contributed by atoms with Gasteiger partial charge in [0, 0.05) is 12.8 Å². The van der Waals surface area contributed by atoms with Crippen LogP contribution in [0.25, 0.3) is 0 Å². The van der Waals surface area contributed by atoms with Gasteiger partial charge in [0.2, 0.25) is 0 Å². The third-order valence-electron chi connectivity index (χ3n) is 8.67. The van der Waals surface area contributed by atoms with Gasteiger partial charge in [-0.15, -0.1) is 0 Å². The molecule has 0 aromatic rings. The van der Waals surface area contributed by atoms with Crippen LogP contribution in [0.1, 0.15) is 79.6 Å². The molecule has 6 atom stereocenters. The smallest absolute Gasteiger partial charge is 0.166 e. The van der Waals surface area contributed by atoms with Crippen molar-refractivity contribution in [1.29, 1.82) is 0 Å². The van der Waals surface area contributed by atoms with Gasteiger partial charge in [0.05, 0.1) is 6.10 Å². The first-order valence-electron chi connectivity index (χ1n) is 12.3. The molecular weight excluding hydrogens is 384 g/mol. The Morgan fingerprint density at radius 3 is 2.42 bits per heavy atom. The molecule has 0 heterocycles. The summed E-state index contributed by atoms with van der Waals surface area (Å²) >= 11 is 0. The van der Waals surface area contributed by atoms with Crippen LogP contribution in [0.4, 0.5) is 0 Å². The Balaban J connectivity index is 1.82. The molecule has 31 heavy (non-hydrogen) atoms. The summed E-state index contributed by atoms with van der Waals surface area (Å²) in [5.74, 6) is 0.579. The average Bonchev–Trinajstić information content (AvgIpc) is 2.96. The van der Waals surface area contributed by atoms with Gasteiger partial charge in [-0.2, -0.15) is 0 Å². The van der Waals surface area contributed by atoms with Crippen molar-refractivity contribution in [3.8, 4) is 0 Å². The Labute approximate surface area is 189 Å². The third-order valence-corrected chi connectivity index (χ3v) is 8.67. The quantitative estimate of drug-likeness (QED) is 0.375. The molecule has 3 fully saturated rings. The zero-order valence-electron chi connectivity index (χ0n) is 20.3. The molecule has 3 aliphatic rings. The van der Waals surface area contributed by atoms with Crippen molar-refractivity contribution >= 4 is 0 Å². The highest BCUT2D eigenvalue weighted by Crippen LogP contribution is 2.59. The molecule has 0 saturated heterocycles. The van der Waals surface area contributed by atoms with Gasteiger partial charge in [0.25, 0.3) is 0 Å². The number of rotatable bonds is 5. The van der Waals surface area contributed by atoms with E-state index >= 15 is 0 Å². The van der Waals surface area contributed by atoms with Gasteiger partial charge in [-0.05, 0) is 72.7 Å². The van der Waals surface area contributed by atoms with E-state index in [4.69, 9.17) is 0 Å². The molecule has 174 valence electrons. The van der Waals surface area contributed by atoms with Crippen LogP contribution in [0.5, 0.6) is 0 Å². The molecule has 0 aliphatic heterocycles. The van der Waals surface area contributed by atoms with Crippen LogP contribution < -0.4 is 0 Å². The Kier molecular flexibility index (Phi) is 7.40. The molecule has 0 aromatic heterocycles. The van der Waals surface area contributed by atoms with E-state index in [9.17, 15) is 15.3 Å². The summed E-state index contributed by atoms with van der Waals surface area (Å²) in [5, 5.41) is 31.2. The summed E-state index contributed by atoms with van der Waals surface area (Å²) in [5.41, 5.74) is 3.48. The topological polar surface area (TPSA) is 60.7 Å². The first kappa shape index (κ1) is 24.5. The van der Waals surface area contributed by atoms with Gasteiger partial charge < -0.3 is 15.3 Å². The van der Waals surface area contributed by atoms with E-state index < -0.39 is 5.79 Å². The Bertz CT molecular complexity index is 756. The fraction of sp³-hybridized carbons (Fsp3) is 0.714. The first-order chi connectivity index (χ1) is 14.4. The summed E-state index contributed by atoms with van der Waals surface area (Å²) in [7, 11) is 0. The van der Waals surface area contributed by atoms with Crippen molar-refractivity contribution < 1.29 is 15.3 Å². The van der Waals surface area contributed by atoms with E-state index in [1.54, 1.807) is 0 Å². The maximum Gasteiger partial charge on any atom is 0.166 e. The van der Waals surface area contributed by atoms with E-state index in [1.807, 2.05) is 0 Å². The van der Waals surface area contributed by atoms with Crippen molar-refractivity contribution in [2.45, 2.75) is 91.5 Å². The summed E-state index contributed by atoms with van der Waals surface area (Å²) in [6.07, 6.45) is 14.1. The Morgan fingerprint density at radius 2 is 1.74 bits per heavy atom. The fourth-order valence-corrected chi connectivity index (χ4v) is 6.35. The van der Waals surface area contributed by atoms with Crippen LogP contribution in [-0.4, -0.2) is 27.2 Å². The van der Waals surface area contributed by atoms with Crippen LogP contribution >= 0.6 is 0 Å². The molecule has 3 nitrogen and oxygen atoms in total. The minimum Gasteiger partial charge on any atom is -0.393 e. The van der Waals surface area contributed by atoms with E-state index in [2.05, 4.69) is 65.5 Å². The van der Waals surface area contributed by atoms with Crippen LogP contribution in [0.15, 0.2) is 47.6 Å². The number of hydrogen-bond donors (Lipinski definition) is 3. The van der Waals surface area contributed by atoms with Gasteiger partial charge in [0.15, 0.2) is 5.79 Å². The van der Waals surface area contributed by atoms with Crippen LogP contribution in [0.3, 0.4) is 0 Å². The highest BCUT2D eigenvalue weighted by atomic mass is 16.5. The van der Waals surface area contributed by atoms with Gasteiger partial charge in [0.1, 0.15) is 0 Å². The number of fused-ring (bicyclic) bond motifs is 1. The second-order valence-electron chi connectivity index (χ2n) is 11.3. The monoisotopic (exact) mass is 428 g/mol. The Hall–Kier alpha value is -1.16. The third kappa shape index (κ3) is 5.26. The number of aliphatic hydroxyl groups excluding tert-OH is 1. The number of aliphatic hydroxyl groups is 3. The molecule has 0 aromatic carbocycles. The van der Waals surface area contributed by atoms with Crippen molar-refractivity contribution in [2.75, 3.05) is 0 Å². The molecular formula is C28H44O3. The molecule has 3 N–H and O–H groups in total. The lowest BCUT2D eigenvalue weighted by atomic mass is 9.61. The minimum atomic E-state index is -1.61. The van der Waals surface area contributed by atoms with Gasteiger partial charge in [-0.25, -0.2) is 0 Å². The molecule has 0 radical (unpaired) electrons. The van der Waals surface area contributed by atoms with Crippen LogP contribution in [-0.2, 0) is 0 Å². The summed E-state index contributed by atoms with van der Waals surface area (Å²) in [6.45, 7) is 15.6. The van der Waals surface area contributed by atoms with Gasteiger partial charge >= 0.3 is 0 Å². The lowest BCUT2D eigenvalue weighted by molar-refractivity contribution is -0.166. The second kappa shape index (κ2) is 9.37.